The van der Waals surface area contributed by atoms with Crippen molar-refractivity contribution in [2.45, 2.75) is 46.8 Å². The van der Waals surface area contributed by atoms with Gasteiger partial charge in [0.25, 0.3) is 5.56 Å². The van der Waals surface area contributed by atoms with Gasteiger partial charge in [0.2, 0.25) is 0 Å². The lowest BCUT2D eigenvalue weighted by Gasteiger charge is -2.17. The average Bonchev–Trinajstić information content (AvgIpc) is 2.79. The number of halogens is 1. The molecule has 0 aliphatic carbocycles. The number of ether oxygens (including phenoxy) is 1. The highest BCUT2D eigenvalue weighted by Gasteiger charge is 2.20. The maximum atomic E-state index is 14.1. The molecule has 0 aliphatic heterocycles. The Kier molecular flexibility index (Phi) is 6.45. The molecule has 1 N–H and O–H groups in total. The minimum atomic E-state index is -1.20. The number of rotatable bonds is 6. The van der Waals surface area contributed by atoms with Crippen molar-refractivity contribution in [1.82, 2.24) is 24.5 Å². The maximum absolute atomic E-state index is 14.1. The number of nitrogens with zero attached hydrogens (tertiary/aromatic N) is 5. The molecule has 0 amide bonds. The van der Waals surface area contributed by atoms with E-state index in [-0.39, 0.29) is 23.7 Å². The molecule has 4 heterocycles. The zero-order chi connectivity index (χ0) is 25.3. The van der Waals surface area contributed by atoms with Crippen LogP contribution in [-0.2, 0) is 12.2 Å². The van der Waals surface area contributed by atoms with Gasteiger partial charge in [0.05, 0.1) is 17.1 Å². The summed E-state index contributed by atoms with van der Waals surface area (Å²) in [6.07, 6.45) is 4.79. The van der Waals surface area contributed by atoms with Crippen molar-refractivity contribution in [2.24, 2.45) is 0 Å². The van der Waals surface area contributed by atoms with Crippen LogP contribution in [-0.4, -0.2) is 29.6 Å². The van der Waals surface area contributed by atoms with Gasteiger partial charge in [-0.2, -0.15) is 0 Å². The van der Waals surface area contributed by atoms with Crippen molar-refractivity contribution >= 4 is 0 Å². The summed E-state index contributed by atoms with van der Waals surface area (Å²) in [6, 6.07) is 7.93. The zero-order valence-corrected chi connectivity index (χ0v) is 20.2. The molecule has 0 bridgehead atoms. The highest BCUT2D eigenvalue weighted by atomic mass is 19.1. The predicted octanol–water partition coefficient (Wildman–Crippen LogP) is 3.96. The Bertz CT molecular complexity index is 1460. The largest absolute Gasteiger partial charge is 0.487 e. The normalized spacial score (nSPS) is 11.5. The zero-order valence-electron chi connectivity index (χ0n) is 20.2. The van der Waals surface area contributed by atoms with Gasteiger partial charge in [-0.05, 0) is 63.9 Å². The molecule has 4 aromatic heterocycles. The van der Waals surface area contributed by atoms with Gasteiger partial charge in [-0.3, -0.25) is 19.3 Å². The molecule has 180 valence electrons. The Morgan fingerprint density at radius 3 is 2.49 bits per heavy atom. The molecule has 0 fully saturated rings. The van der Waals surface area contributed by atoms with Crippen LogP contribution in [0, 0.1) is 26.6 Å². The summed E-state index contributed by atoms with van der Waals surface area (Å²) in [4.78, 5) is 30.2. The smallest absolute Gasteiger partial charge is 0.259 e. The van der Waals surface area contributed by atoms with E-state index in [2.05, 4.69) is 19.9 Å². The summed E-state index contributed by atoms with van der Waals surface area (Å²) < 4.78 is 21.3. The number of hydrogen-bond donors (Lipinski definition) is 1. The predicted molar refractivity (Wildman–Crippen MR) is 129 cm³/mol. The summed E-state index contributed by atoms with van der Waals surface area (Å²) >= 11 is 0. The average molecular weight is 476 g/mol. The summed E-state index contributed by atoms with van der Waals surface area (Å²) in [5.74, 6) is 0.142. The topological polar surface area (TPSA) is 103 Å². The maximum Gasteiger partial charge on any atom is 0.259 e. The van der Waals surface area contributed by atoms with E-state index in [1.807, 2.05) is 6.92 Å². The van der Waals surface area contributed by atoms with Gasteiger partial charge < -0.3 is 9.84 Å². The molecule has 8 nitrogen and oxygen atoms in total. The molecule has 0 unspecified atom stereocenters. The Hall–Kier alpha value is -3.98. The number of hydrogen-bond acceptors (Lipinski definition) is 7. The van der Waals surface area contributed by atoms with E-state index < -0.39 is 11.4 Å². The second-order valence-corrected chi connectivity index (χ2v) is 8.92. The fourth-order valence-electron chi connectivity index (χ4n) is 3.57. The third kappa shape index (κ3) is 5.25. The standard InChI is InChI=1S/C26H26FN5O3/c1-15-8-19(27)22(29-12-15)14-35-18-9-17(3)32(24(33)10-18)23-11-21(30-13-16(23)2)20-6-7-28-25(31-20)26(4,5)34/h6-13,34H,14H2,1-5H3. The number of pyridine rings is 3. The van der Waals surface area contributed by atoms with Crippen LogP contribution in [0.15, 0.2) is 53.7 Å². The van der Waals surface area contributed by atoms with Crippen LogP contribution in [0.3, 0.4) is 0 Å². The SMILES string of the molecule is Cc1cnc(COc2cc(C)n(-c3cc(-c4ccnc(C(C)(C)O)n4)ncc3C)c(=O)c2)c(F)c1. The first-order valence-corrected chi connectivity index (χ1v) is 11.0. The molecular weight excluding hydrogens is 449 g/mol. The van der Waals surface area contributed by atoms with Crippen LogP contribution in [0.4, 0.5) is 4.39 Å². The first-order valence-electron chi connectivity index (χ1n) is 11.0. The van der Waals surface area contributed by atoms with Gasteiger partial charge >= 0.3 is 0 Å². The first-order chi connectivity index (χ1) is 16.5. The summed E-state index contributed by atoms with van der Waals surface area (Å²) in [5.41, 5.74) is 2.49. The van der Waals surface area contributed by atoms with Crippen molar-refractivity contribution in [2.75, 3.05) is 0 Å². The van der Waals surface area contributed by atoms with Gasteiger partial charge in [0, 0.05) is 36.4 Å². The van der Waals surface area contributed by atoms with E-state index >= 15 is 0 Å². The number of aromatic nitrogens is 5. The highest BCUT2D eigenvalue weighted by Crippen LogP contribution is 2.24. The van der Waals surface area contributed by atoms with Crippen molar-refractivity contribution in [3.8, 4) is 22.8 Å². The monoisotopic (exact) mass is 475 g/mol. The second-order valence-electron chi connectivity index (χ2n) is 8.92. The summed E-state index contributed by atoms with van der Waals surface area (Å²) in [7, 11) is 0. The van der Waals surface area contributed by atoms with Gasteiger partial charge in [-0.15, -0.1) is 0 Å². The fourth-order valence-corrected chi connectivity index (χ4v) is 3.57. The molecule has 4 aromatic rings. The van der Waals surface area contributed by atoms with Crippen molar-refractivity contribution in [1.29, 1.82) is 0 Å². The van der Waals surface area contributed by atoms with E-state index in [1.54, 1.807) is 69.1 Å². The Morgan fingerprint density at radius 1 is 1.03 bits per heavy atom. The lowest BCUT2D eigenvalue weighted by molar-refractivity contribution is 0.0688. The third-order valence-electron chi connectivity index (χ3n) is 5.40. The lowest BCUT2D eigenvalue weighted by Crippen LogP contribution is -2.21. The summed E-state index contributed by atoms with van der Waals surface area (Å²) in [5, 5.41) is 10.3. The minimum Gasteiger partial charge on any atom is -0.487 e. The van der Waals surface area contributed by atoms with Crippen LogP contribution in [0.25, 0.3) is 17.1 Å². The molecule has 35 heavy (non-hydrogen) atoms. The van der Waals surface area contributed by atoms with E-state index in [0.717, 1.165) is 11.1 Å². The Morgan fingerprint density at radius 2 is 1.80 bits per heavy atom. The third-order valence-corrected chi connectivity index (χ3v) is 5.40. The van der Waals surface area contributed by atoms with Gasteiger partial charge in [0.1, 0.15) is 29.5 Å². The quantitative estimate of drug-likeness (QED) is 0.450. The van der Waals surface area contributed by atoms with Crippen molar-refractivity contribution < 1.29 is 14.2 Å². The minimum absolute atomic E-state index is 0.0926. The molecule has 0 aromatic carbocycles. The number of aliphatic hydroxyl groups is 1. The van der Waals surface area contributed by atoms with Gasteiger partial charge in [0.15, 0.2) is 5.82 Å². The van der Waals surface area contributed by atoms with Crippen LogP contribution < -0.4 is 10.3 Å². The first kappa shape index (κ1) is 24.2. The van der Waals surface area contributed by atoms with E-state index in [4.69, 9.17) is 4.74 Å². The molecule has 0 radical (unpaired) electrons. The molecular formula is C26H26FN5O3. The van der Waals surface area contributed by atoms with Crippen molar-refractivity contribution in [3.63, 3.8) is 0 Å². The van der Waals surface area contributed by atoms with Crippen LogP contribution in [0.1, 0.15) is 42.2 Å². The molecule has 4 rings (SSSR count). The van der Waals surface area contributed by atoms with E-state index in [1.165, 1.54) is 12.1 Å². The molecule has 0 spiro atoms. The molecule has 0 saturated heterocycles. The fraction of sp³-hybridized carbons (Fsp3) is 0.269. The van der Waals surface area contributed by atoms with Crippen LogP contribution in [0.2, 0.25) is 0 Å². The number of aryl methyl sites for hydroxylation is 3. The summed E-state index contributed by atoms with van der Waals surface area (Å²) in [6.45, 7) is 8.52. The highest BCUT2D eigenvalue weighted by molar-refractivity contribution is 5.59. The lowest BCUT2D eigenvalue weighted by atomic mass is 10.1. The molecule has 0 aliphatic rings. The van der Waals surface area contributed by atoms with Crippen LogP contribution in [0.5, 0.6) is 5.75 Å². The van der Waals surface area contributed by atoms with Crippen LogP contribution >= 0.6 is 0 Å². The Balaban J connectivity index is 1.67. The Labute approximate surface area is 202 Å². The molecule has 0 saturated carbocycles. The van der Waals surface area contributed by atoms with Gasteiger partial charge in [-0.1, -0.05) is 0 Å². The molecule has 0 atom stereocenters. The van der Waals surface area contributed by atoms with Crippen molar-refractivity contribution in [3.05, 3.63) is 93.4 Å². The van der Waals surface area contributed by atoms with Gasteiger partial charge in [-0.25, -0.2) is 14.4 Å². The van der Waals surface area contributed by atoms with E-state index in [0.29, 0.717) is 28.5 Å². The molecule has 9 heteroatoms. The van der Waals surface area contributed by atoms with E-state index in [9.17, 15) is 14.3 Å². The second kappa shape index (κ2) is 9.34.